The number of imidazole rings is 1. The van der Waals surface area contributed by atoms with Crippen molar-refractivity contribution in [1.82, 2.24) is 14.5 Å². The van der Waals surface area contributed by atoms with Crippen molar-refractivity contribution in [1.29, 1.82) is 0 Å². The molecule has 0 aliphatic heterocycles. The summed E-state index contributed by atoms with van der Waals surface area (Å²) in [5.74, 6) is 0.443. The molecule has 0 fully saturated rings. The molecule has 22 heavy (non-hydrogen) atoms. The Morgan fingerprint density at radius 2 is 1.77 bits per heavy atom. The third-order valence-electron chi connectivity index (χ3n) is 3.41. The molecule has 4 aromatic rings. The first-order valence-electron chi connectivity index (χ1n) is 6.67. The third-order valence-corrected chi connectivity index (χ3v) is 4.49. The molecule has 0 saturated carbocycles. The SMILES string of the molecule is Nc1nc2ccccc2n1-c1nc(-c2ccc(Cl)cc2)cs1. The van der Waals surface area contributed by atoms with Gasteiger partial charge in [0.1, 0.15) is 0 Å². The normalized spacial score (nSPS) is 11.1. The number of anilines is 1. The highest BCUT2D eigenvalue weighted by molar-refractivity contribution is 7.12. The Labute approximate surface area is 135 Å². The van der Waals surface area contributed by atoms with Crippen LogP contribution in [0.4, 0.5) is 5.95 Å². The van der Waals surface area contributed by atoms with Crippen LogP contribution in [0.25, 0.3) is 27.4 Å². The summed E-state index contributed by atoms with van der Waals surface area (Å²) in [7, 11) is 0. The first-order chi connectivity index (χ1) is 10.7. The summed E-state index contributed by atoms with van der Waals surface area (Å²) in [6.45, 7) is 0. The molecule has 4 rings (SSSR count). The summed E-state index contributed by atoms with van der Waals surface area (Å²) in [5, 5.41) is 3.52. The molecule has 0 unspecified atom stereocenters. The fraction of sp³-hybridized carbons (Fsp3) is 0. The number of rotatable bonds is 2. The van der Waals surface area contributed by atoms with E-state index in [4.69, 9.17) is 17.3 Å². The second kappa shape index (κ2) is 5.12. The zero-order chi connectivity index (χ0) is 15.1. The van der Waals surface area contributed by atoms with E-state index in [1.807, 2.05) is 58.5 Å². The van der Waals surface area contributed by atoms with Gasteiger partial charge in [-0.2, -0.15) is 0 Å². The molecule has 0 saturated heterocycles. The molecule has 0 aliphatic rings. The maximum Gasteiger partial charge on any atom is 0.207 e. The van der Waals surface area contributed by atoms with Crippen LogP contribution in [-0.4, -0.2) is 14.5 Å². The topological polar surface area (TPSA) is 56.7 Å². The van der Waals surface area contributed by atoms with Crippen LogP contribution in [0.2, 0.25) is 5.02 Å². The van der Waals surface area contributed by atoms with Gasteiger partial charge >= 0.3 is 0 Å². The maximum atomic E-state index is 6.05. The molecule has 0 amide bonds. The lowest BCUT2D eigenvalue weighted by Gasteiger charge is -2.01. The van der Waals surface area contributed by atoms with E-state index >= 15 is 0 Å². The number of nitrogens with zero attached hydrogens (tertiary/aromatic N) is 3. The number of hydrogen-bond acceptors (Lipinski definition) is 4. The van der Waals surface area contributed by atoms with Gasteiger partial charge in [-0.3, -0.25) is 4.57 Å². The van der Waals surface area contributed by atoms with E-state index in [0.717, 1.165) is 27.4 Å². The van der Waals surface area contributed by atoms with E-state index in [9.17, 15) is 0 Å². The minimum Gasteiger partial charge on any atom is -0.369 e. The summed E-state index contributed by atoms with van der Waals surface area (Å²) >= 11 is 7.46. The van der Waals surface area contributed by atoms with Crippen LogP contribution in [0.5, 0.6) is 0 Å². The lowest BCUT2D eigenvalue weighted by Crippen LogP contribution is -2.00. The van der Waals surface area contributed by atoms with Gasteiger partial charge in [-0.1, -0.05) is 35.9 Å². The number of aromatic nitrogens is 3. The molecule has 0 radical (unpaired) electrons. The van der Waals surface area contributed by atoms with Gasteiger partial charge in [0.05, 0.1) is 16.7 Å². The van der Waals surface area contributed by atoms with E-state index in [1.54, 1.807) is 0 Å². The number of halogens is 1. The lowest BCUT2D eigenvalue weighted by atomic mass is 10.2. The highest BCUT2D eigenvalue weighted by Gasteiger charge is 2.13. The van der Waals surface area contributed by atoms with Gasteiger partial charge in [0.15, 0.2) is 5.13 Å². The first kappa shape index (κ1) is 13.3. The Bertz CT molecular complexity index is 956. The predicted molar refractivity (Wildman–Crippen MR) is 91.6 cm³/mol. The standard InChI is InChI=1S/C16H11ClN4S/c17-11-7-5-10(6-8-11)13-9-22-16(20-13)21-14-4-2-1-3-12(14)19-15(21)18/h1-9H,(H2,18,19). The molecule has 2 aromatic heterocycles. The molecule has 2 aromatic carbocycles. The van der Waals surface area contributed by atoms with Crippen LogP contribution >= 0.6 is 22.9 Å². The lowest BCUT2D eigenvalue weighted by molar-refractivity contribution is 1.08. The molecule has 0 aliphatic carbocycles. The highest BCUT2D eigenvalue weighted by Crippen LogP contribution is 2.29. The van der Waals surface area contributed by atoms with Crippen LogP contribution in [0, 0.1) is 0 Å². The summed E-state index contributed by atoms with van der Waals surface area (Å²) in [4.78, 5) is 9.06. The average Bonchev–Trinajstić information content (AvgIpc) is 3.11. The number of para-hydroxylation sites is 2. The highest BCUT2D eigenvalue weighted by atomic mass is 35.5. The molecular weight excluding hydrogens is 316 g/mol. The van der Waals surface area contributed by atoms with Crippen molar-refractivity contribution < 1.29 is 0 Å². The number of hydrogen-bond donors (Lipinski definition) is 1. The van der Waals surface area contributed by atoms with Crippen molar-refractivity contribution in [3.63, 3.8) is 0 Å². The molecular formula is C16H11ClN4S. The summed E-state index contributed by atoms with van der Waals surface area (Å²) in [6.07, 6.45) is 0. The van der Waals surface area contributed by atoms with Gasteiger partial charge in [-0.15, -0.1) is 11.3 Å². The second-order valence-electron chi connectivity index (χ2n) is 4.82. The van der Waals surface area contributed by atoms with Crippen molar-refractivity contribution in [2.45, 2.75) is 0 Å². The Hall–Kier alpha value is -2.37. The predicted octanol–water partition coefficient (Wildman–Crippen LogP) is 4.38. The zero-order valence-corrected chi connectivity index (χ0v) is 13.0. The van der Waals surface area contributed by atoms with Crippen LogP contribution in [0.15, 0.2) is 53.9 Å². The Morgan fingerprint density at radius 1 is 1.00 bits per heavy atom. The van der Waals surface area contributed by atoms with Gasteiger partial charge in [-0.05, 0) is 24.3 Å². The van der Waals surface area contributed by atoms with Crippen LogP contribution in [-0.2, 0) is 0 Å². The largest absolute Gasteiger partial charge is 0.369 e. The van der Waals surface area contributed by atoms with Gasteiger partial charge in [0.25, 0.3) is 0 Å². The smallest absolute Gasteiger partial charge is 0.207 e. The summed E-state index contributed by atoms with van der Waals surface area (Å²) in [5.41, 5.74) is 9.79. The Morgan fingerprint density at radius 3 is 2.59 bits per heavy atom. The van der Waals surface area contributed by atoms with Crippen molar-refractivity contribution >= 4 is 39.9 Å². The molecule has 6 heteroatoms. The minimum atomic E-state index is 0.443. The van der Waals surface area contributed by atoms with E-state index < -0.39 is 0 Å². The number of thiazole rings is 1. The van der Waals surface area contributed by atoms with Gasteiger partial charge in [0.2, 0.25) is 5.95 Å². The summed E-state index contributed by atoms with van der Waals surface area (Å²) < 4.78 is 1.87. The van der Waals surface area contributed by atoms with Crippen molar-refractivity contribution in [2.24, 2.45) is 0 Å². The van der Waals surface area contributed by atoms with Crippen molar-refractivity contribution in [3.8, 4) is 16.4 Å². The van der Waals surface area contributed by atoms with E-state index in [-0.39, 0.29) is 0 Å². The second-order valence-corrected chi connectivity index (χ2v) is 6.09. The minimum absolute atomic E-state index is 0.443. The average molecular weight is 327 g/mol. The van der Waals surface area contributed by atoms with Gasteiger partial charge in [-0.25, -0.2) is 9.97 Å². The molecule has 2 N–H and O–H groups in total. The van der Waals surface area contributed by atoms with E-state index in [2.05, 4.69) is 9.97 Å². The molecule has 0 atom stereocenters. The molecule has 2 heterocycles. The quantitative estimate of drug-likeness (QED) is 0.594. The molecule has 108 valence electrons. The zero-order valence-electron chi connectivity index (χ0n) is 11.4. The molecule has 0 spiro atoms. The van der Waals surface area contributed by atoms with Crippen LogP contribution in [0.3, 0.4) is 0 Å². The van der Waals surface area contributed by atoms with Gasteiger partial charge < -0.3 is 5.73 Å². The van der Waals surface area contributed by atoms with Gasteiger partial charge in [0, 0.05) is 16.0 Å². The fourth-order valence-corrected chi connectivity index (χ4v) is 3.35. The Kier molecular flexibility index (Phi) is 3.10. The van der Waals surface area contributed by atoms with Crippen LogP contribution < -0.4 is 5.73 Å². The van der Waals surface area contributed by atoms with Crippen molar-refractivity contribution in [3.05, 3.63) is 58.9 Å². The fourth-order valence-electron chi connectivity index (χ4n) is 2.37. The molecule has 4 nitrogen and oxygen atoms in total. The van der Waals surface area contributed by atoms with E-state index in [1.165, 1.54) is 11.3 Å². The Balaban J connectivity index is 1.83. The molecule has 0 bridgehead atoms. The van der Waals surface area contributed by atoms with Crippen LogP contribution in [0.1, 0.15) is 0 Å². The van der Waals surface area contributed by atoms with Crippen molar-refractivity contribution in [2.75, 3.05) is 5.73 Å². The monoisotopic (exact) mass is 326 g/mol. The first-order valence-corrected chi connectivity index (χ1v) is 7.93. The number of nitrogens with two attached hydrogens (primary N) is 1. The van der Waals surface area contributed by atoms with E-state index in [0.29, 0.717) is 11.0 Å². The summed E-state index contributed by atoms with van der Waals surface area (Å²) in [6, 6.07) is 15.5. The number of fused-ring (bicyclic) bond motifs is 1. The third kappa shape index (κ3) is 2.15. The number of nitrogen functional groups attached to an aromatic ring is 1. The number of benzene rings is 2. The maximum absolute atomic E-state index is 6.05.